The lowest BCUT2D eigenvalue weighted by Gasteiger charge is -2.11. The summed E-state index contributed by atoms with van der Waals surface area (Å²) in [6.07, 6.45) is 4.67. The van der Waals surface area contributed by atoms with E-state index < -0.39 is 5.56 Å². The van der Waals surface area contributed by atoms with Crippen LogP contribution in [0.25, 0.3) is 22.6 Å². The third-order valence-corrected chi connectivity index (χ3v) is 5.84. The van der Waals surface area contributed by atoms with Crippen molar-refractivity contribution in [3.63, 3.8) is 0 Å². The van der Waals surface area contributed by atoms with E-state index in [2.05, 4.69) is 27.0 Å². The molecular formula is C22H24Cl2N6O3. The Bertz CT molecular complexity index is 1350. The van der Waals surface area contributed by atoms with Gasteiger partial charge in [0, 0.05) is 30.1 Å². The van der Waals surface area contributed by atoms with Gasteiger partial charge in [0.2, 0.25) is 5.28 Å². The zero-order valence-electron chi connectivity index (χ0n) is 18.2. The molecule has 4 aromatic rings. The van der Waals surface area contributed by atoms with Crippen LogP contribution in [-0.2, 0) is 19.5 Å². The summed E-state index contributed by atoms with van der Waals surface area (Å²) in [5, 5.41) is 4.74. The number of aromatic amines is 1. The average Bonchev–Trinajstić information content (AvgIpc) is 3.43. The van der Waals surface area contributed by atoms with E-state index in [1.165, 1.54) is 9.13 Å². The summed E-state index contributed by atoms with van der Waals surface area (Å²) >= 11 is 11.9. The maximum atomic E-state index is 13.0. The molecule has 174 valence electrons. The van der Waals surface area contributed by atoms with Crippen LogP contribution >= 0.6 is 23.2 Å². The van der Waals surface area contributed by atoms with Gasteiger partial charge in [0.25, 0.3) is 11.4 Å². The molecule has 3 heterocycles. The molecule has 0 aliphatic carbocycles. The van der Waals surface area contributed by atoms with Crippen LogP contribution in [0.15, 0.2) is 38.4 Å². The Hall–Kier alpha value is -2.91. The molecule has 0 spiro atoms. The van der Waals surface area contributed by atoms with E-state index in [4.69, 9.17) is 27.7 Å². The molecule has 0 amide bonds. The van der Waals surface area contributed by atoms with E-state index in [0.717, 1.165) is 24.8 Å². The second kappa shape index (κ2) is 10.4. The molecule has 0 bridgehead atoms. The highest BCUT2D eigenvalue weighted by atomic mass is 35.5. The first-order chi connectivity index (χ1) is 16.0. The van der Waals surface area contributed by atoms with Gasteiger partial charge in [-0.05, 0) is 55.1 Å². The Morgan fingerprint density at radius 2 is 1.70 bits per heavy atom. The van der Waals surface area contributed by atoms with Crippen molar-refractivity contribution in [2.45, 2.75) is 58.5 Å². The molecule has 11 heteroatoms. The van der Waals surface area contributed by atoms with Gasteiger partial charge >= 0.3 is 5.69 Å². The molecule has 0 atom stereocenters. The third kappa shape index (κ3) is 5.20. The SMILES string of the molecule is CCCCCn1c(=O)n(CCCCc2noc(-c3ccc(Cl)cc3)n2)c(=O)c2[nH]c(Cl)nc21. The quantitative estimate of drug-likeness (QED) is 0.259. The van der Waals surface area contributed by atoms with Crippen LogP contribution in [0.3, 0.4) is 0 Å². The van der Waals surface area contributed by atoms with Crippen LogP contribution < -0.4 is 11.2 Å². The molecule has 0 saturated heterocycles. The minimum absolute atomic E-state index is 0.0945. The van der Waals surface area contributed by atoms with E-state index in [1.807, 2.05) is 12.1 Å². The van der Waals surface area contributed by atoms with Crippen LogP contribution in [-0.4, -0.2) is 29.2 Å². The van der Waals surface area contributed by atoms with Crippen LogP contribution in [0.2, 0.25) is 10.3 Å². The first-order valence-electron chi connectivity index (χ1n) is 10.9. The Morgan fingerprint density at radius 1 is 0.970 bits per heavy atom. The van der Waals surface area contributed by atoms with Crippen LogP contribution in [0, 0.1) is 0 Å². The number of rotatable bonds is 10. The Labute approximate surface area is 199 Å². The number of benzene rings is 1. The number of halogens is 2. The summed E-state index contributed by atoms with van der Waals surface area (Å²) in [5.74, 6) is 0.995. The summed E-state index contributed by atoms with van der Waals surface area (Å²) in [4.78, 5) is 37.2. The molecule has 0 fully saturated rings. The van der Waals surface area contributed by atoms with Crippen molar-refractivity contribution < 1.29 is 4.52 Å². The number of H-pyrrole nitrogens is 1. The molecule has 0 aliphatic rings. The molecular weight excluding hydrogens is 467 g/mol. The van der Waals surface area contributed by atoms with Crippen molar-refractivity contribution in [2.75, 3.05) is 0 Å². The van der Waals surface area contributed by atoms with E-state index in [9.17, 15) is 9.59 Å². The summed E-state index contributed by atoms with van der Waals surface area (Å²) in [6.45, 7) is 2.85. The zero-order chi connectivity index (χ0) is 23.4. The molecule has 1 N–H and O–H groups in total. The minimum Gasteiger partial charge on any atom is -0.334 e. The summed E-state index contributed by atoms with van der Waals surface area (Å²) in [6, 6.07) is 7.15. The molecule has 1 aromatic carbocycles. The molecule has 9 nitrogen and oxygen atoms in total. The normalized spacial score (nSPS) is 11.5. The fraction of sp³-hybridized carbons (Fsp3) is 0.409. The molecule has 0 saturated carbocycles. The summed E-state index contributed by atoms with van der Waals surface area (Å²) < 4.78 is 8.10. The van der Waals surface area contributed by atoms with E-state index >= 15 is 0 Å². The number of hydrogen-bond acceptors (Lipinski definition) is 6. The number of imidazole rings is 1. The highest BCUT2D eigenvalue weighted by Crippen LogP contribution is 2.20. The standard InChI is InChI=1S/C22H24Cl2N6O3/c1-2-3-5-12-29-18-17(26-21(24)27-18)20(31)30(22(29)32)13-6-4-7-16-25-19(33-28-16)14-8-10-15(23)11-9-14/h8-11H,2-7,12-13H2,1H3,(H,26,27). The number of nitrogens with zero attached hydrogens (tertiary/aromatic N) is 5. The number of hydrogen-bond donors (Lipinski definition) is 1. The Balaban J connectivity index is 1.44. The second-order valence-corrected chi connectivity index (χ2v) is 8.60. The number of unbranched alkanes of at least 4 members (excludes halogenated alkanes) is 3. The maximum absolute atomic E-state index is 13.0. The number of nitrogens with one attached hydrogen (secondary N) is 1. The van der Waals surface area contributed by atoms with Gasteiger partial charge in [0.1, 0.15) is 0 Å². The van der Waals surface area contributed by atoms with Crippen LogP contribution in [0.1, 0.15) is 44.9 Å². The van der Waals surface area contributed by atoms with Gasteiger partial charge < -0.3 is 9.51 Å². The smallest absolute Gasteiger partial charge is 0.332 e. The summed E-state index contributed by atoms with van der Waals surface area (Å²) in [7, 11) is 0. The number of aryl methyl sites for hydroxylation is 2. The van der Waals surface area contributed by atoms with E-state index in [1.54, 1.807) is 12.1 Å². The molecule has 4 rings (SSSR count). The Morgan fingerprint density at radius 3 is 2.45 bits per heavy atom. The van der Waals surface area contributed by atoms with Gasteiger partial charge in [-0.25, -0.2) is 4.79 Å². The lowest BCUT2D eigenvalue weighted by atomic mass is 10.2. The largest absolute Gasteiger partial charge is 0.334 e. The van der Waals surface area contributed by atoms with Crippen molar-refractivity contribution in [1.82, 2.24) is 29.2 Å². The summed E-state index contributed by atoms with van der Waals surface area (Å²) in [5.41, 5.74) is 0.577. The Kier molecular flexibility index (Phi) is 7.29. The van der Waals surface area contributed by atoms with Gasteiger partial charge in [0.15, 0.2) is 17.0 Å². The molecule has 3 aromatic heterocycles. The minimum atomic E-state index is -0.411. The average molecular weight is 491 g/mol. The highest BCUT2D eigenvalue weighted by molar-refractivity contribution is 6.30. The van der Waals surface area contributed by atoms with Crippen molar-refractivity contribution in [2.24, 2.45) is 0 Å². The fourth-order valence-corrected chi connectivity index (χ4v) is 3.98. The second-order valence-electron chi connectivity index (χ2n) is 7.80. The lowest BCUT2D eigenvalue weighted by Crippen LogP contribution is -2.40. The van der Waals surface area contributed by atoms with Crippen molar-refractivity contribution in [3.8, 4) is 11.5 Å². The first-order valence-corrected chi connectivity index (χ1v) is 11.7. The van der Waals surface area contributed by atoms with Gasteiger partial charge in [-0.2, -0.15) is 9.97 Å². The van der Waals surface area contributed by atoms with E-state index in [0.29, 0.717) is 48.2 Å². The van der Waals surface area contributed by atoms with E-state index in [-0.39, 0.29) is 23.0 Å². The number of aromatic nitrogens is 6. The predicted molar refractivity (Wildman–Crippen MR) is 127 cm³/mol. The van der Waals surface area contributed by atoms with Crippen LogP contribution in [0.4, 0.5) is 0 Å². The monoisotopic (exact) mass is 490 g/mol. The molecule has 0 radical (unpaired) electrons. The zero-order valence-corrected chi connectivity index (χ0v) is 19.7. The lowest BCUT2D eigenvalue weighted by molar-refractivity contribution is 0.420. The predicted octanol–water partition coefficient (Wildman–Crippen LogP) is 4.46. The maximum Gasteiger partial charge on any atom is 0.332 e. The third-order valence-electron chi connectivity index (χ3n) is 5.41. The van der Waals surface area contributed by atoms with Gasteiger partial charge in [-0.3, -0.25) is 13.9 Å². The van der Waals surface area contributed by atoms with Gasteiger partial charge in [0.05, 0.1) is 0 Å². The molecule has 33 heavy (non-hydrogen) atoms. The highest BCUT2D eigenvalue weighted by Gasteiger charge is 2.17. The topological polar surface area (TPSA) is 112 Å². The van der Waals surface area contributed by atoms with Crippen LogP contribution in [0.5, 0.6) is 0 Å². The number of fused-ring (bicyclic) bond motifs is 1. The van der Waals surface area contributed by atoms with Crippen molar-refractivity contribution in [3.05, 3.63) is 61.2 Å². The molecule has 0 aliphatic heterocycles. The van der Waals surface area contributed by atoms with Gasteiger partial charge in [-0.15, -0.1) is 0 Å². The van der Waals surface area contributed by atoms with Crippen molar-refractivity contribution in [1.29, 1.82) is 0 Å². The van der Waals surface area contributed by atoms with Gasteiger partial charge in [-0.1, -0.05) is 36.5 Å². The first kappa shape index (κ1) is 23.3. The fourth-order valence-electron chi connectivity index (χ4n) is 3.68. The molecule has 0 unspecified atom stereocenters. The van der Waals surface area contributed by atoms with Crippen molar-refractivity contribution >= 4 is 34.4 Å².